The van der Waals surface area contributed by atoms with E-state index in [1.54, 1.807) is 19.1 Å². The van der Waals surface area contributed by atoms with Crippen LogP contribution >= 0.6 is 23.4 Å². The molecule has 0 saturated heterocycles. The third-order valence-corrected chi connectivity index (χ3v) is 4.82. The summed E-state index contributed by atoms with van der Waals surface area (Å²) in [6.07, 6.45) is 0. The maximum Gasteiger partial charge on any atom is 0.319 e. The second kappa shape index (κ2) is 9.49. The summed E-state index contributed by atoms with van der Waals surface area (Å²) in [5.74, 6) is -0.754. The van der Waals surface area contributed by atoms with Gasteiger partial charge in [0.15, 0.2) is 6.61 Å². The zero-order valence-electron chi connectivity index (χ0n) is 14.1. The van der Waals surface area contributed by atoms with Gasteiger partial charge in [0.2, 0.25) is 0 Å². The van der Waals surface area contributed by atoms with Gasteiger partial charge >= 0.3 is 5.97 Å². The number of amides is 1. The Kier molecular flexibility index (Phi) is 7.34. The molecule has 0 aromatic heterocycles. The average Bonchev–Trinajstić information content (AvgIpc) is 2.62. The SMILES string of the molecule is C[C@H](NC(=O)COC(=O)[C@@H](C)Sc1ccc(Cl)cc1)c1ccccc1. The first-order chi connectivity index (χ1) is 12.0. The van der Waals surface area contributed by atoms with Crippen LogP contribution in [0.15, 0.2) is 59.5 Å². The van der Waals surface area contributed by atoms with Crippen molar-refractivity contribution in [2.24, 2.45) is 0 Å². The second-order valence-corrected chi connectivity index (χ2v) is 7.37. The van der Waals surface area contributed by atoms with E-state index >= 15 is 0 Å². The Balaban J connectivity index is 1.76. The predicted octanol–water partition coefficient (Wildman–Crippen LogP) is 4.24. The molecule has 0 spiro atoms. The summed E-state index contributed by atoms with van der Waals surface area (Å²) in [7, 11) is 0. The maximum absolute atomic E-state index is 12.0. The molecular formula is C19H20ClNO3S. The first-order valence-corrected chi connectivity index (χ1v) is 9.14. The lowest BCUT2D eigenvalue weighted by Crippen LogP contribution is -2.32. The molecular weight excluding hydrogens is 358 g/mol. The Hall–Kier alpha value is -1.98. The first kappa shape index (κ1) is 19.3. The van der Waals surface area contributed by atoms with Crippen molar-refractivity contribution >= 4 is 35.2 Å². The zero-order valence-corrected chi connectivity index (χ0v) is 15.6. The zero-order chi connectivity index (χ0) is 18.2. The average molecular weight is 378 g/mol. The smallest absolute Gasteiger partial charge is 0.319 e. The third-order valence-electron chi connectivity index (χ3n) is 3.48. The lowest BCUT2D eigenvalue weighted by molar-refractivity contribution is -0.147. The number of hydrogen-bond donors (Lipinski definition) is 1. The Morgan fingerprint density at radius 2 is 1.72 bits per heavy atom. The summed E-state index contributed by atoms with van der Waals surface area (Å²) < 4.78 is 5.10. The number of esters is 1. The van der Waals surface area contributed by atoms with Crippen LogP contribution in [-0.2, 0) is 14.3 Å². The van der Waals surface area contributed by atoms with Crippen LogP contribution in [0.2, 0.25) is 5.02 Å². The number of ether oxygens (including phenoxy) is 1. The van der Waals surface area contributed by atoms with E-state index in [1.165, 1.54) is 11.8 Å². The van der Waals surface area contributed by atoms with Crippen molar-refractivity contribution in [2.45, 2.75) is 30.0 Å². The Morgan fingerprint density at radius 3 is 2.36 bits per heavy atom. The van der Waals surface area contributed by atoms with Crippen LogP contribution in [0, 0.1) is 0 Å². The van der Waals surface area contributed by atoms with Gasteiger partial charge in [-0.25, -0.2) is 0 Å². The Labute approximate surface area is 156 Å². The summed E-state index contributed by atoms with van der Waals surface area (Å²) in [6, 6.07) is 16.7. The summed E-state index contributed by atoms with van der Waals surface area (Å²) in [6.45, 7) is 3.34. The molecule has 2 aromatic carbocycles. The molecule has 4 nitrogen and oxygen atoms in total. The molecule has 6 heteroatoms. The molecule has 0 heterocycles. The van der Waals surface area contributed by atoms with Gasteiger partial charge in [-0.2, -0.15) is 0 Å². The maximum atomic E-state index is 12.0. The van der Waals surface area contributed by atoms with E-state index in [0.29, 0.717) is 5.02 Å². The number of carbonyl (C=O) groups is 2. The van der Waals surface area contributed by atoms with E-state index in [9.17, 15) is 9.59 Å². The molecule has 25 heavy (non-hydrogen) atoms. The van der Waals surface area contributed by atoms with Crippen molar-refractivity contribution in [3.8, 4) is 0 Å². The standard InChI is InChI=1S/C19H20ClNO3S/c1-13(15-6-4-3-5-7-15)21-18(22)12-24-19(23)14(2)25-17-10-8-16(20)9-11-17/h3-11,13-14H,12H2,1-2H3,(H,21,22)/t13-,14+/m0/s1. The molecule has 1 N–H and O–H groups in total. The highest BCUT2D eigenvalue weighted by Crippen LogP contribution is 2.25. The van der Waals surface area contributed by atoms with Crippen molar-refractivity contribution in [1.82, 2.24) is 5.32 Å². The van der Waals surface area contributed by atoms with Crippen LogP contribution in [0.5, 0.6) is 0 Å². The quantitative estimate of drug-likeness (QED) is 0.579. The van der Waals surface area contributed by atoms with Gasteiger partial charge in [-0.1, -0.05) is 41.9 Å². The van der Waals surface area contributed by atoms with Crippen LogP contribution < -0.4 is 5.32 Å². The number of rotatable bonds is 7. The van der Waals surface area contributed by atoms with Crippen molar-refractivity contribution in [3.05, 3.63) is 65.2 Å². The molecule has 132 valence electrons. The highest BCUT2D eigenvalue weighted by atomic mass is 35.5. The number of nitrogens with one attached hydrogen (secondary N) is 1. The largest absolute Gasteiger partial charge is 0.455 e. The van der Waals surface area contributed by atoms with E-state index in [1.807, 2.05) is 49.4 Å². The summed E-state index contributed by atoms with van der Waals surface area (Å²) in [4.78, 5) is 24.9. The van der Waals surface area contributed by atoms with Gasteiger partial charge in [0.25, 0.3) is 5.91 Å². The minimum atomic E-state index is -0.428. The Morgan fingerprint density at radius 1 is 1.08 bits per heavy atom. The van der Waals surface area contributed by atoms with Gasteiger partial charge in [-0.3, -0.25) is 9.59 Å². The van der Waals surface area contributed by atoms with Gasteiger partial charge in [0.05, 0.1) is 6.04 Å². The van der Waals surface area contributed by atoms with Gasteiger partial charge < -0.3 is 10.1 Å². The van der Waals surface area contributed by atoms with Crippen molar-refractivity contribution in [2.75, 3.05) is 6.61 Å². The summed E-state index contributed by atoms with van der Waals surface area (Å²) in [5, 5.41) is 3.03. The number of hydrogen-bond acceptors (Lipinski definition) is 4. The number of carbonyl (C=O) groups excluding carboxylic acids is 2. The Bertz CT molecular complexity index is 706. The van der Waals surface area contributed by atoms with E-state index in [4.69, 9.17) is 16.3 Å². The normalized spacial score (nSPS) is 12.9. The lowest BCUT2D eigenvalue weighted by Gasteiger charge is -2.15. The fourth-order valence-corrected chi connectivity index (χ4v) is 3.12. The lowest BCUT2D eigenvalue weighted by atomic mass is 10.1. The van der Waals surface area contributed by atoms with Crippen molar-refractivity contribution in [1.29, 1.82) is 0 Å². The minimum absolute atomic E-state index is 0.145. The third kappa shape index (κ3) is 6.44. The van der Waals surface area contributed by atoms with Gasteiger partial charge in [0, 0.05) is 9.92 Å². The van der Waals surface area contributed by atoms with E-state index in [-0.39, 0.29) is 18.6 Å². The van der Waals surface area contributed by atoms with Crippen molar-refractivity contribution < 1.29 is 14.3 Å². The molecule has 0 aliphatic heterocycles. The summed E-state index contributed by atoms with van der Waals surface area (Å²) in [5.41, 5.74) is 0.994. The molecule has 0 fully saturated rings. The molecule has 0 aliphatic rings. The highest BCUT2D eigenvalue weighted by molar-refractivity contribution is 8.00. The van der Waals surface area contributed by atoms with Gasteiger partial charge in [0.1, 0.15) is 5.25 Å². The highest BCUT2D eigenvalue weighted by Gasteiger charge is 2.18. The monoisotopic (exact) mass is 377 g/mol. The second-order valence-electron chi connectivity index (χ2n) is 5.52. The van der Waals surface area contributed by atoms with Gasteiger partial charge in [-0.05, 0) is 43.7 Å². The molecule has 0 saturated carbocycles. The fourth-order valence-electron chi connectivity index (χ4n) is 2.13. The number of benzene rings is 2. The minimum Gasteiger partial charge on any atom is -0.455 e. The topological polar surface area (TPSA) is 55.4 Å². The molecule has 0 aliphatic carbocycles. The molecule has 0 bridgehead atoms. The first-order valence-electron chi connectivity index (χ1n) is 7.89. The molecule has 2 rings (SSSR count). The van der Waals surface area contributed by atoms with Crippen molar-refractivity contribution in [3.63, 3.8) is 0 Å². The van der Waals surface area contributed by atoms with Crippen LogP contribution in [0.25, 0.3) is 0 Å². The molecule has 2 atom stereocenters. The van der Waals surface area contributed by atoms with E-state index < -0.39 is 11.2 Å². The van der Waals surface area contributed by atoms with Gasteiger partial charge in [-0.15, -0.1) is 11.8 Å². The van der Waals surface area contributed by atoms with Crippen LogP contribution in [0.1, 0.15) is 25.5 Å². The number of halogens is 1. The van der Waals surface area contributed by atoms with Crippen LogP contribution in [-0.4, -0.2) is 23.7 Å². The molecule has 0 radical (unpaired) electrons. The molecule has 2 aromatic rings. The van der Waals surface area contributed by atoms with E-state index in [0.717, 1.165) is 10.5 Å². The van der Waals surface area contributed by atoms with Crippen LogP contribution in [0.4, 0.5) is 0 Å². The molecule has 1 amide bonds. The summed E-state index contributed by atoms with van der Waals surface area (Å²) >= 11 is 7.19. The van der Waals surface area contributed by atoms with E-state index in [2.05, 4.69) is 5.32 Å². The number of thioether (sulfide) groups is 1. The predicted molar refractivity (Wildman–Crippen MR) is 101 cm³/mol. The fraction of sp³-hybridized carbons (Fsp3) is 0.263. The van der Waals surface area contributed by atoms with Crippen LogP contribution in [0.3, 0.4) is 0 Å². The molecule has 0 unspecified atom stereocenters.